The molecule has 1 aliphatic rings. The van der Waals surface area contributed by atoms with Gasteiger partial charge < -0.3 is 26.0 Å². The van der Waals surface area contributed by atoms with Gasteiger partial charge in [0.25, 0.3) is 5.91 Å². The van der Waals surface area contributed by atoms with Crippen molar-refractivity contribution in [3.05, 3.63) is 84.2 Å². The molecule has 4 rings (SSSR count). The van der Waals surface area contributed by atoms with Gasteiger partial charge in [0.1, 0.15) is 11.3 Å². The Morgan fingerprint density at radius 1 is 1.14 bits per heavy atom. The molecule has 0 fully saturated rings. The highest BCUT2D eigenvalue weighted by Crippen LogP contribution is 2.23. The summed E-state index contributed by atoms with van der Waals surface area (Å²) in [6, 6.07) is 14.3. The molecular weight excluding hydrogens is 370 g/mol. The third-order valence-corrected chi connectivity index (χ3v) is 4.44. The van der Waals surface area contributed by atoms with Crippen molar-refractivity contribution < 1.29 is 9.90 Å². The minimum absolute atomic E-state index is 0.190. The predicted molar refractivity (Wildman–Crippen MR) is 107 cm³/mol. The fourth-order valence-corrected chi connectivity index (χ4v) is 2.94. The lowest BCUT2D eigenvalue weighted by Crippen LogP contribution is -2.29. The summed E-state index contributed by atoms with van der Waals surface area (Å²) in [6.07, 6.45) is 4.61. The number of imidazole rings is 1. The van der Waals surface area contributed by atoms with Crippen molar-refractivity contribution in [3.8, 4) is 11.4 Å². The summed E-state index contributed by atoms with van der Waals surface area (Å²) < 4.78 is 1.89. The highest BCUT2D eigenvalue weighted by atomic mass is 16.3. The topological polar surface area (TPSA) is 130 Å². The summed E-state index contributed by atoms with van der Waals surface area (Å²) in [4.78, 5) is 16.0. The molecule has 0 saturated heterocycles. The first-order valence-electron chi connectivity index (χ1n) is 8.92. The Labute approximate surface area is 166 Å². The molecule has 0 aliphatic carbocycles. The van der Waals surface area contributed by atoms with E-state index in [1.54, 1.807) is 36.8 Å². The number of nitrogens with zero attached hydrogens (tertiary/aromatic N) is 4. The van der Waals surface area contributed by atoms with Gasteiger partial charge in [-0.15, -0.1) is 5.11 Å². The quantitative estimate of drug-likeness (QED) is 0.492. The number of nitrogens with one attached hydrogen (secondary N) is 2. The van der Waals surface area contributed by atoms with E-state index in [9.17, 15) is 9.90 Å². The average molecular weight is 389 g/mol. The van der Waals surface area contributed by atoms with E-state index in [0.29, 0.717) is 12.4 Å². The fourth-order valence-electron chi connectivity index (χ4n) is 2.94. The van der Waals surface area contributed by atoms with Crippen LogP contribution in [0.5, 0.6) is 5.75 Å². The molecule has 1 unspecified atom stereocenters. The summed E-state index contributed by atoms with van der Waals surface area (Å²) in [5.41, 5.74) is 8.49. The Balaban J connectivity index is 1.46. The van der Waals surface area contributed by atoms with Crippen LogP contribution >= 0.6 is 0 Å². The van der Waals surface area contributed by atoms with E-state index in [1.165, 1.54) is 0 Å². The number of carbonyl (C=O) groups is 1. The lowest BCUT2D eigenvalue weighted by Gasteiger charge is -2.14. The van der Waals surface area contributed by atoms with Gasteiger partial charge in [0.2, 0.25) is 0 Å². The zero-order chi connectivity index (χ0) is 20.2. The largest absolute Gasteiger partial charge is 0.508 e. The number of rotatable bonds is 7. The van der Waals surface area contributed by atoms with Crippen LogP contribution in [0.15, 0.2) is 88.9 Å². The first kappa shape index (κ1) is 18.2. The number of nitrogens with two attached hydrogens (primary N) is 1. The molecule has 3 aromatic rings. The molecule has 0 saturated carbocycles. The van der Waals surface area contributed by atoms with Crippen molar-refractivity contribution in [1.29, 1.82) is 0 Å². The van der Waals surface area contributed by atoms with Crippen molar-refractivity contribution in [2.45, 2.75) is 12.7 Å². The molecule has 1 aliphatic heterocycles. The number of aromatic hydroxyl groups is 1. The van der Waals surface area contributed by atoms with Gasteiger partial charge in [-0.05, 0) is 42.0 Å². The van der Waals surface area contributed by atoms with Crippen LogP contribution in [0.3, 0.4) is 0 Å². The second-order valence-electron chi connectivity index (χ2n) is 6.43. The average Bonchev–Trinajstić information content (AvgIpc) is 3.38. The number of amides is 1. The lowest BCUT2D eigenvalue weighted by atomic mass is 10.1. The van der Waals surface area contributed by atoms with E-state index in [2.05, 4.69) is 25.8 Å². The Morgan fingerprint density at radius 3 is 2.55 bits per heavy atom. The first-order valence-corrected chi connectivity index (χ1v) is 8.92. The van der Waals surface area contributed by atoms with Crippen LogP contribution in [-0.4, -0.2) is 26.7 Å². The van der Waals surface area contributed by atoms with Gasteiger partial charge in [0.05, 0.1) is 6.33 Å². The Hall–Kier alpha value is -4.14. The van der Waals surface area contributed by atoms with Crippen LogP contribution in [0, 0.1) is 0 Å². The van der Waals surface area contributed by atoms with Crippen molar-refractivity contribution in [3.63, 3.8) is 0 Å². The Kier molecular flexibility index (Phi) is 4.93. The maximum absolute atomic E-state index is 12.0. The summed E-state index contributed by atoms with van der Waals surface area (Å²) in [6.45, 7) is 0.414. The van der Waals surface area contributed by atoms with E-state index < -0.39 is 12.1 Å². The molecule has 2 aromatic carbocycles. The monoisotopic (exact) mass is 389 g/mol. The van der Waals surface area contributed by atoms with E-state index in [4.69, 9.17) is 5.73 Å². The SMILES string of the molecule is NC(=O)C1=C(NCc2ccc(O)cc2)N=NC1Nc1ccc(-n2ccnc2)cc1. The minimum Gasteiger partial charge on any atom is -0.508 e. The van der Waals surface area contributed by atoms with Crippen LogP contribution < -0.4 is 16.4 Å². The van der Waals surface area contributed by atoms with Crippen LogP contribution in [0.1, 0.15) is 5.56 Å². The number of phenols is 1. The highest BCUT2D eigenvalue weighted by Gasteiger charge is 2.28. The van der Waals surface area contributed by atoms with Gasteiger partial charge in [0, 0.05) is 30.3 Å². The second kappa shape index (κ2) is 7.85. The number of anilines is 1. The first-order chi connectivity index (χ1) is 14.1. The van der Waals surface area contributed by atoms with Gasteiger partial charge in [-0.25, -0.2) is 4.98 Å². The summed E-state index contributed by atoms with van der Waals surface area (Å²) in [5.74, 6) is -0.0801. The maximum Gasteiger partial charge on any atom is 0.252 e. The van der Waals surface area contributed by atoms with Gasteiger partial charge >= 0.3 is 0 Å². The number of aromatic nitrogens is 2. The number of azo groups is 1. The minimum atomic E-state index is -0.672. The number of hydrogen-bond donors (Lipinski definition) is 4. The molecule has 2 heterocycles. The van der Waals surface area contributed by atoms with Crippen LogP contribution in [0.4, 0.5) is 5.69 Å². The molecular formula is C20H19N7O2. The number of primary amides is 1. The zero-order valence-electron chi connectivity index (χ0n) is 15.4. The third kappa shape index (κ3) is 4.08. The van der Waals surface area contributed by atoms with Gasteiger partial charge in [-0.2, -0.15) is 5.11 Å². The van der Waals surface area contributed by atoms with Crippen molar-refractivity contribution in [2.24, 2.45) is 16.0 Å². The highest BCUT2D eigenvalue weighted by molar-refractivity contribution is 5.94. The predicted octanol–water partition coefficient (Wildman–Crippen LogP) is 2.27. The van der Waals surface area contributed by atoms with Gasteiger partial charge in [-0.3, -0.25) is 4.79 Å². The normalized spacial score (nSPS) is 15.5. The Bertz CT molecular complexity index is 1060. The standard InChI is InChI=1S/C20H19N7O2/c21-18(29)17-19(23-11-13-1-7-16(28)8-2-13)25-26-20(17)24-14-3-5-15(6-4-14)27-10-9-22-12-27/h1-10,12,20,23-24,28H,11H2,(H2,21,29). The van der Waals surface area contributed by atoms with Crippen molar-refractivity contribution in [2.75, 3.05) is 5.32 Å². The van der Waals surface area contributed by atoms with E-state index in [0.717, 1.165) is 16.9 Å². The van der Waals surface area contributed by atoms with E-state index in [-0.39, 0.29) is 11.3 Å². The summed E-state index contributed by atoms with van der Waals surface area (Å²) in [7, 11) is 0. The number of phenolic OH excluding ortho intramolecular Hbond substituents is 1. The van der Waals surface area contributed by atoms with Crippen LogP contribution in [0.2, 0.25) is 0 Å². The van der Waals surface area contributed by atoms with Crippen LogP contribution in [-0.2, 0) is 11.3 Å². The molecule has 0 spiro atoms. The molecule has 1 aromatic heterocycles. The number of benzene rings is 2. The Morgan fingerprint density at radius 2 is 1.90 bits per heavy atom. The summed E-state index contributed by atoms with van der Waals surface area (Å²) >= 11 is 0. The molecule has 9 nitrogen and oxygen atoms in total. The van der Waals surface area contributed by atoms with E-state index >= 15 is 0 Å². The second-order valence-corrected chi connectivity index (χ2v) is 6.43. The van der Waals surface area contributed by atoms with Crippen LogP contribution in [0.25, 0.3) is 5.69 Å². The number of carbonyl (C=O) groups excluding carboxylic acids is 1. The molecule has 1 atom stereocenters. The van der Waals surface area contributed by atoms with Crippen molar-refractivity contribution >= 4 is 11.6 Å². The molecule has 29 heavy (non-hydrogen) atoms. The fraction of sp³-hybridized carbons (Fsp3) is 0.100. The molecule has 0 radical (unpaired) electrons. The molecule has 5 N–H and O–H groups in total. The van der Waals surface area contributed by atoms with Crippen molar-refractivity contribution in [1.82, 2.24) is 14.9 Å². The molecule has 146 valence electrons. The third-order valence-electron chi connectivity index (χ3n) is 4.44. The number of hydrogen-bond acceptors (Lipinski definition) is 7. The molecule has 9 heteroatoms. The maximum atomic E-state index is 12.0. The lowest BCUT2D eigenvalue weighted by molar-refractivity contribution is -0.114. The smallest absolute Gasteiger partial charge is 0.252 e. The van der Waals surface area contributed by atoms with E-state index in [1.807, 2.05) is 35.0 Å². The summed E-state index contributed by atoms with van der Waals surface area (Å²) in [5, 5.41) is 23.8. The molecule has 0 bridgehead atoms. The zero-order valence-corrected chi connectivity index (χ0v) is 15.4. The molecule has 1 amide bonds. The van der Waals surface area contributed by atoms with Gasteiger partial charge in [-0.1, -0.05) is 12.1 Å². The van der Waals surface area contributed by atoms with Gasteiger partial charge in [0.15, 0.2) is 12.0 Å².